The van der Waals surface area contributed by atoms with Gasteiger partial charge < -0.3 is 4.90 Å². The van der Waals surface area contributed by atoms with Crippen LogP contribution < -0.4 is 5.32 Å². The topological polar surface area (TPSA) is 32.3 Å². The van der Waals surface area contributed by atoms with Gasteiger partial charge in [0.25, 0.3) is 0 Å². The van der Waals surface area contributed by atoms with E-state index >= 15 is 0 Å². The fraction of sp³-hybridized carbons (Fsp3) is 0.938. The van der Waals surface area contributed by atoms with Gasteiger partial charge in [0.15, 0.2) is 0 Å². The zero-order valence-corrected chi connectivity index (χ0v) is 13.2. The van der Waals surface area contributed by atoms with E-state index in [0.29, 0.717) is 11.8 Å². The SMILES string of the molecule is CCCCCCCCN1C(=O)C(C(C)CC)NC1C. The molecule has 3 nitrogen and oxygen atoms in total. The van der Waals surface area contributed by atoms with Gasteiger partial charge in [0.1, 0.15) is 0 Å². The number of amides is 1. The first kappa shape index (κ1) is 16.5. The highest BCUT2D eigenvalue weighted by atomic mass is 16.2. The van der Waals surface area contributed by atoms with Crippen molar-refractivity contribution < 1.29 is 4.79 Å². The smallest absolute Gasteiger partial charge is 0.241 e. The molecule has 0 bridgehead atoms. The lowest BCUT2D eigenvalue weighted by atomic mass is 9.99. The summed E-state index contributed by atoms with van der Waals surface area (Å²) in [5, 5.41) is 3.44. The van der Waals surface area contributed by atoms with Crippen LogP contribution in [0.25, 0.3) is 0 Å². The van der Waals surface area contributed by atoms with Crippen molar-refractivity contribution in [3.8, 4) is 0 Å². The zero-order valence-electron chi connectivity index (χ0n) is 13.2. The Morgan fingerprint density at radius 2 is 1.79 bits per heavy atom. The summed E-state index contributed by atoms with van der Waals surface area (Å²) < 4.78 is 0. The molecule has 1 saturated heterocycles. The molecule has 112 valence electrons. The molecule has 0 aromatic rings. The van der Waals surface area contributed by atoms with Gasteiger partial charge >= 0.3 is 0 Å². The van der Waals surface area contributed by atoms with E-state index in [9.17, 15) is 4.79 Å². The number of hydrogen-bond donors (Lipinski definition) is 1. The number of rotatable bonds is 9. The highest BCUT2D eigenvalue weighted by Crippen LogP contribution is 2.19. The predicted octanol–water partition coefficient (Wildman–Crippen LogP) is 3.54. The third-order valence-electron chi connectivity index (χ3n) is 4.40. The van der Waals surface area contributed by atoms with Crippen molar-refractivity contribution in [1.29, 1.82) is 0 Å². The first-order chi connectivity index (χ1) is 9.11. The quantitative estimate of drug-likeness (QED) is 0.649. The number of carbonyl (C=O) groups excluding carboxylic acids is 1. The largest absolute Gasteiger partial charge is 0.326 e. The Balaban J connectivity index is 2.28. The van der Waals surface area contributed by atoms with Gasteiger partial charge in [-0.15, -0.1) is 0 Å². The van der Waals surface area contributed by atoms with Crippen molar-refractivity contribution in [3.05, 3.63) is 0 Å². The van der Waals surface area contributed by atoms with Crippen LogP contribution in [-0.4, -0.2) is 29.6 Å². The molecule has 1 aliphatic heterocycles. The van der Waals surface area contributed by atoms with Gasteiger partial charge in [0.2, 0.25) is 5.91 Å². The monoisotopic (exact) mass is 268 g/mol. The van der Waals surface area contributed by atoms with Crippen molar-refractivity contribution in [2.45, 2.75) is 84.8 Å². The lowest BCUT2D eigenvalue weighted by Crippen LogP contribution is -2.35. The summed E-state index contributed by atoms with van der Waals surface area (Å²) in [4.78, 5) is 14.4. The Morgan fingerprint density at radius 3 is 2.42 bits per heavy atom. The van der Waals surface area contributed by atoms with E-state index in [4.69, 9.17) is 0 Å². The van der Waals surface area contributed by atoms with E-state index in [-0.39, 0.29) is 12.2 Å². The Hall–Kier alpha value is -0.570. The molecule has 0 aromatic heterocycles. The van der Waals surface area contributed by atoms with Crippen molar-refractivity contribution >= 4 is 5.91 Å². The van der Waals surface area contributed by atoms with Crippen molar-refractivity contribution in [1.82, 2.24) is 10.2 Å². The van der Waals surface area contributed by atoms with Gasteiger partial charge in [0, 0.05) is 6.54 Å². The van der Waals surface area contributed by atoms with Gasteiger partial charge in [0.05, 0.1) is 12.2 Å². The number of nitrogens with zero attached hydrogens (tertiary/aromatic N) is 1. The molecule has 3 heteroatoms. The van der Waals surface area contributed by atoms with Crippen LogP contribution in [0, 0.1) is 5.92 Å². The molecule has 1 amide bonds. The number of hydrogen-bond acceptors (Lipinski definition) is 2. The summed E-state index contributed by atoms with van der Waals surface area (Å²) in [7, 11) is 0. The molecule has 1 heterocycles. The molecule has 0 aliphatic carbocycles. The van der Waals surface area contributed by atoms with Gasteiger partial charge in [-0.3, -0.25) is 10.1 Å². The second-order valence-electron chi connectivity index (χ2n) is 6.01. The fourth-order valence-electron chi connectivity index (χ4n) is 2.80. The van der Waals surface area contributed by atoms with Crippen molar-refractivity contribution in [2.75, 3.05) is 6.54 Å². The van der Waals surface area contributed by atoms with Crippen LogP contribution in [0.3, 0.4) is 0 Å². The van der Waals surface area contributed by atoms with Crippen LogP contribution in [0.5, 0.6) is 0 Å². The predicted molar refractivity (Wildman–Crippen MR) is 80.9 cm³/mol. The number of unbranched alkanes of at least 4 members (excludes halogenated alkanes) is 5. The maximum Gasteiger partial charge on any atom is 0.241 e. The summed E-state index contributed by atoms with van der Waals surface area (Å²) >= 11 is 0. The van der Waals surface area contributed by atoms with E-state index in [0.717, 1.165) is 19.4 Å². The molecule has 1 N–H and O–H groups in total. The second kappa shape index (κ2) is 8.57. The van der Waals surface area contributed by atoms with E-state index in [2.05, 4.69) is 33.0 Å². The minimum Gasteiger partial charge on any atom is -0.326 e. The Kier molecular flexibility index (Phi) is 7.44. The maximum absolute atomic E-state index is 12.3. The van der Waals surface area contributed by atoms with Crippen molar-refractivity contribution in [3.63, 3.8) is 0 Å². The Bertz CT molecular complexity index is 267. The van der Waals surface area contributed by atoms with Gasteiger partial charge in [-0.1, -0.05) is 59.3 Å². The molecule has 3 atom stereocenters. The first-order valence-corrected chi connectivity index (χ1v) is 8.18. The maximum atomic E-state index is 12.3. The van der Waals surface area contributed by atoms with Crippen LogP contribution in [0.4, 0.5) is 0 Å². The average molecular weight is 268 g/mol. The normalized spacial score (nSPS) is 25.1. The number of nitrogens with one attached hydrogen (secondary N) is 1. The molecule has 19 heavy (non-hydrogen) atoms. The van der Waals surface area contributed by atoms with Gasteiger partial charge in [-0.25, -0.2) is 0 Å². The summed E-state index contributed by atoms with van der Waals surface area (Å²) in [6.07, 6.45) is 8.96. The van der Waals surface area contributed by atoms with Crippen LogP contribution in [0.15, 0.2) is 0 Å². The Morgan fingerprint density at radius 1 is 1.16 bits per heavy atom. The molecule has 0 spiro atoms. The molecule has 1 fully saturated rings. The summed E-state index contributed by atoms with van der Waals surface area (Å²) in [5.74, 6) is 0.750. The average Bonchev–Trinajstić information content (AvgIpc) is 2.69. The second-order valence-corrected chi connectivity index (χ2v) is 6.01. The lowest BCUT2D eigenvalue weighted by molar-refractivity contribution is -0.130. The molecule has 3 unspecified atom stereocenters. The van der Waals surface area contributed by atoms with Crippen LogP contribution >= 0.6 is 0 Å². The van der Waals surface area contributed by atoms with Crippen LogP contribution in [0.2, 0.25) is 0 Å². The third-order valence-corrected chi connectivity index (χ3v) is 4.40. The third kappa shape index (κ3) is 4.79. The van der Waals surface area contributed by atoms with Crippen LogP contribution in [0.1, 0.15) is 72.6 Å². The zero-order chi connectivity index (χ0) is 14.3. The minimum atomic E-state index is 0.0418. The molecule has 0 radical (unpaired) electrons. The summed E-state index contributed by atoms with van der Waals surface area (Å²) in [6, 6.07) is 0.0418. The highest BCUT2D eigenvalue weighted by molar-refractivity contribution is 5.84. The molecule has 1 rings (SSSR count). The van der Waals surface area contributed by atoms with E-state index in [1.165, 1.54) is 32.1 Å². The van der Waals surface area contributed by atoms with E-state index < -0.39 is 0 Å². The summed E-state index contributed by atoms with van der Waals surface area (Å²) in [6.45, 7) is 9.59. The number of carbonyl (C=O) groups is 1. The molecular weight excluding hydrogens is 236 g/mol. The van der Waals surface area contributed by atoms with Crippen LogP contribution in [-0.2, 0) is 4.79 Å². The molecule has 0 aromatic carbocycles. The van der Waals surface area contributed by atoms with Gasteiger partial charge in [-0.05, 0) is 19.3 Å². The highest BCUT2D eigenvalue weighted by Gasteiger charge is 2.38. The Labute approximate surface area is 119 Å². The summed E-state index contributed by atoms with van der Waals surface area (Å²) in [5.41, 5.74) is 0. The van der Waals surface area contributed by atoms with E-state index in [1.807, 2.05) is 4.90 Å². The fourth-order valence-corrected chi connectivity index (χ4v) is 2.80. The van der Waals surface area contributed by atoms with E-state index in [1.54, 1.807) is 0 Å². The standard InChI is InChI=1S/C16H32N2O/c1-5-7-8-9-10-11-12-18-14(4)17-15(16(18)19)13(3)6-2/h13-15,17H,5-12H2,1-4H3. The first-order valence-electron chi connectivity index (χ1n) is 8.18. The minimum absolute atomic E-state index is 0.0418. The molecule has 1 aliphatic rings. The molecular formula is C16H32N2O. The molecule has 0 saturated carbocycles. The lowest BCUT2D eigenvalue weighted by Gasteiger charge is -2.20. The van der Waals surface area contributed by atoms with Gasteiger partial charge in [-0.2, -0.15) is 0 Å². The van der Waals surface area contributed by atoms with Crippen molar-refractivity contribution in [2.24, 2.45) is 5.92 Å².